The average molecular weight is 523 g/mol. The highest BCUT2D eigenvalue weighted by atomic mass is 16.6. The molecule has 0 radical (unpaired) electrons. The molecular weight excluding hydrogens is 496 g/mol. The lowest BCUT2D eigenvalue weighted by atomic mass is 9.77. The number of amides is 1. The second-order valence-electron chi connectivity index (χ2n) is 9.55. The van der Waals surface area contributed by atoms with E-state index in [1.165, 1.54) is 24.3 Å². The molecule has 1 spiro atoms. The summed E-state index contributed by atoms with van der Waals surface area (Å²) in [5.74, 6) is -0.258. The second-order valence-corrected chi connectivity index (χ2v) is 9.55. The van der Waals surface area contributed by atoms with E-state index in [2.05, 4.69) is 5.32 Å². The van der Waals surface area contributed by atoms with Gasteiger partial charge in [0.1, 0.15) is 23.0 Å². The largest absolute Gasteiger partial charge is 0.508 e. The number of nitrogens with zero attached hydrogens (tertiary/aromatic N) is 1. The van der Waals surface area contributed by atoms with Gasteiger partial charge in [0.15, 0.2) is 5.60 Å². The number of phenolic OH excluding ortho intramolecular Hbond substituents is 2. The van der Waals surface area contributed by atoms with Crippen LogP contribution in [0.4, 0.5) is 11.4 Å². The molecule has 0 unspecified atom stereocenters. The first-order valence-corrected chi connectivity index (χ1v) is 12.7. The number of hydrogen-bond acceptors (Lipinski definition) is 7. The summed E-state index contributed by atoms with van der Waals surface area (Å²) in [5, 5.41) is 23.4. The van der Waals surface area contributed by atoms with Gasteiger partial charge in [-0.05, 0) is 67.1 Å². The van der Waals surface area contributed by atoms with Crippen LogP contribution in [0.3, 0.4) is 0 Å². The molecule has 1 amide bonds. The molecule has 0 bridgehead atoms. The summed E-state index contributed by atoms with van der Waals surface area (Å²) in [7, 11) is 1.82. The lowest BCUT2D eigenvalue weighted by Crippen LogP contribution is -2.34. The van der Waals surface area contributed by atoms with Crippen molar-refractivity contribution in [3.63, 3.8) is 0 Å². The molecule has 0 fully saturated rings. The SMILES string of the molecule is CCCN(C(=O)c1ccc2c(c1)C1(OC2=O)c2ccc(O)cc2Oc2cc(O)ccc21)c1cccc(NC)c1. The van der Waals surface area contributed by atoms with Gasteiger partial charge in [-0.25, -0.2) is 4.79 Å². The van der Waals surface area contributed by atoms with Crippen molar-refractivity contribution >= 4 is 23.3 Å². The third-order valence-electron chi connectivity index (χ3n) is 7.16. The Balaban J connectivity index is 1.54. The van der Waals surface area contributed by atoms with Crippen LogP contribution in [0, 0.1) is 0 Å². The monoisotopic (exact) mass is 522 g/mol. The lowest BCUT2D eigenvalue weighted by Gasteiger charge is -2.36. The minimum absolute atomic E-state index is 0.0278. The number of aromatic hydroxyl groups is 2. The van der Waals surface area contributed by atoms with Crippen LogP contribution in [-0.2, 0) is 10.3 Å². The van der Waals surface area contributed by atoms with Gasteiger partial charge in [-0.1, -0.05) is 13.0 Å². The molecule has 4 aromatic rings. The quantitative estimate of drug-likeness (QED) is 0.286. The van der Waals surface area contributed by atoms with E-state index < -0.39 is 11.6 Å². The molecule has 39 heavy (non-hydrogen) atoms. The smallest absolute Gasteiger partial charge is 0.340 e. The van der Waals surface area contributed by atoms with E-state index in [-0.39, 0.29) is 28.9 Å². The maximum atomic E-state index is 14.0. The summed E-state index contributed by atoms with van der Waals surface area (Å²) >= 11 is 0. The van der Waals surface area contributed by atoms with Crippen molar-refractivity contribution in [2.45, 2.75) is 18.9 Å². The third kappa shape index (κ3) is 3.75. The fourth-order valence-electron chi connectivity index (χ4n) is 5.39. The third-order valence-corrected chi connectivity index (χ3v) is 7.16. The van der Waals surface area contributed by atoms with Gasteiger partial charge in [0, 0.05) is 59.4 Å². The van der Waals surface area contributed by atoms with Gasteiger partial charge in [0.2, 0.25) is 0 Å². The van der Waals surface area contributed by atoms with Crippen molar-refractivity contribution < 1.29 is 29.3 Å². The highest BCUT2D eigenvalue weighted by molar-refractivity contribution is 6.08. The van der Waals surface area contributed by atoms with Crippen molar-refractivity contribution in [2.24, 2.45) is 0 Å². The van der Waals surface area contributed by atoms with E-state index in [1.807, 2.05) is 38.2 Å². The molecule has 2 heterocycles. The van der Waals surface area contributed by atoms with E-state index in [9.17, 15) is 19.8 Å². The highest BCUT2D eigenvalue weighted by Crippen LogP contribution is 2.57. The predicted octanol–water partition coefficient (Wildman–Crippen LogP) is 5.76. The van der Waals surface area contributed by atoms with Gasteiger partial charge in [0.25, 0.3) is 5.91 Å². The molecule has 0 saturated carbocycles. The minimum atomic E-state index is -1.44. The normalized spacial score (nSPS) is 14.1. The Hall–Kier alpha value is -4.98. The maximum absolute atomic E-state index is 14.0. The zero-order valence-electron chi connectivity index (χ0n) is 21.4. The molecule has 8 nitrogen and oxygen atoms in total. The van der Waals surface area contributed by atoms with E-state index >= 15 is 0 Å². The van der Waals surface area contributed by atoms with Crippen LogP contribution in [0.5, 0.6) is 23.0 Å². The number of carbonyl (C=O) groups is 2. The molecule has 2 aliphatic heterocycles. The summed E-state index contributed by atoms with van der Waals surface area (Å²) < 4.78 is 12.1. The van der Waals surface area contributed by atoms with Gasteiger partial charge < -0.3 is 29.9 Å². The Morgan fingerprint density at radius 1 is 0.897 bits per heavy atom. The van der Waals surface area contributed by atoms with Crippen molar-refractivity contribution in [1.82, 2.24) is 0 Å². The Morgan fingerprint density at radius 2 is 1.59 bits per heavy atom. The molecule has 6 rings (SSSR count). The molecule has 3 N–H and O–H groups in total. The summed E-state index contributed by atoms with van der Waals surface area (Å²) in [6.07, 6.45) is 0.747. The first-order chi connectivity index (χ1) is 18.8. The fourth-order valence-corrected chi connectivity index (χ4v) is 5.39. The molecule has 2 aliphatic rings. The van der Waals surface area contributed by atoms with Crippen LogP contribution in [0.15, 0.2) is 78.9 Å². The standard InChI is InChI=1S/C31H26N2O6/c1-3-13-33(20-6-4-5-19(15-20)32-2)29(36)18-7-10-23-26(14-18)31(39-30(23)37)24-11-8-21(34)16-27(24)38-28-17-22(35)9-12-25(28)31/h4-12,14-17,32,34-35H,3,13H2,1-2H3. The molecule has 196 valence electrons. The highest BCUT2D eigenvalue weighted by Gasteiger charge is 2.54. The maximum Gasteiger partial charge on any atom is 0.340 e. The Morgan fingerprint density at radius 3 is 2.23 bits per heavy atom. The van der Waals surface area contributed by atoms with Crippen molar-refractivity contribution in [3.05, 3.63) is 107 Å². The molecule has 4 aromatic carbocycles. The van der Waals surface area contributed by atoms with Gasteiger partial charge in [-0.2, -0.15) is 0 Å². The molecule has 8 heteroatoms. The van der Waals surface area contributed by atoms with Crippen molar-refractivity contribution in [2.75, 3.05) is 23.8 Å². The number of nitrogens with one attached hydrogen (secondary N) is 1. The van der Waals surface area contributed by atoms with Crippen LogP contribution >= 0.6 is 0 Å². The second kappa shape index (κ2) is 9.09. The van der Waals surface area contributed by atoms with Gasteiger partial charge >= 0.3 is 5.97 Å². The van der Waals surface area contributed by atoms with Gasteiger partial charge in [-0.15, -0.1) is 0 Å². The summed E-state index contributed by atoms with van der Waals surface area (Å²) in [6, 6.07) is 21.7. The predicted molar refractivity (Wildman–Crippen MR) is 146 cm³/mol. The van der Waals surface area contributed by atoms with Crippen LogP contribution in [0.25, 0.3) is 0 Å². The van der Waals surface area contributed by atoms with E-state index in [1.54, 1.807) is 35.2 Å². The molecular formula is C31H26N2O6. The Bertz CT molecular complexity index is 1590. The van der Waals surface area contributed by atoms with Crippen molar-refractivity contribution in [3.8, 4) is 23.0 Å². The Kier molecular flexibility index (Phi) is 5.68. The number of rotatable bonds is 5. The van der Waals surface area contributed by atoms with E-state index in [0.29, 0.717) is 34.4 Å². The number of esters is 1. The van der Waals surface area contributed by atoms with E-state index in [0.717, 1.165) is 17.8 Å². The Labute approximate surface area is 225 Å². The van der Waals surface area contributed by atoms with Crippen molar-refractivity contribution in [1.29, 1.82) is 0 Å². The average Bonchev–Trinajstić information content (AvgIpc) is 3.22. The minimum Gasteiger partial charge on any atom is -0.508 e. The number of hydrogen-bond donors (Lipinski definition) is 3. The first kappa shape index (κ1) is 24.4. The fraction of sp³-hybridized carbons (Fsp3) is 0.161. The number of anilines is 2. The van der Waals surface area contributed by atoms with Gasteiger partial charge in [0.05, 0.1) is 5.56 Å². The number of benzene rings is 4. The number of fused-ring (bicyclic) bond motifs is 6. The lowest BCUT2D eigenvalue weighted by molar-refractivity contribution is 0.0224. The number of phenols is 2. The van der Waals surface area contributed by atoms with Crippen LogP contribution in [0.2, 0.25) is 0 Å². The van der Waals surface area contributed by atoms with Gasteiger partial charge in [-0.3, -0.25) is 4.79 Å². The topological polar surface area (TPSA) is 108 Å². The zero-order valence-corrected chi connectivity index (χ0v) is 21.4. The number of ether oxygens (including phenoxy) is 2. The van der Waals surface area contributed by atoms with Crippen LogP contribution in [-0.4, -0.2) is 35.7 Å². The molecule has 0 aromatic heterocycles. The zero-order chi connectivity index (χ0) is 27.3. The molecule has 0 atom stereocenters. The summed E-state index contributed by atoms with van der Waals surface area (Å²) in [5.41, 5.74) is 2.41. The summed E-state index contributed by atoms with van der Waals surface area (Å²) in [6.45, 7) is 2.51. The molecule has 0 saturated heterocycles. The van der Waals surface area contributed by atoms with E-state index in [4.69, 9.17) is 9.47 Å². The number of carbonyl (C=O) groups excluding carboxylic acids is 2. The first-order valence-electron chi connectivity index (χ1n) is 12.7. The summed E-state index contributed by atoms with van der Waals surface area (Å²) in [4.78, 5) is 28.9. The van der Waals surface area contributed by atoms with Crippen LogP contribution in [0.1, 0.15) is 50.8 Å². The molecule has 0 aliphatic carbocycles. The van der Waals surface area contributed by atoms with Crippen LogP contribution < -0.4 is 15.0 Å².